The van der Waals surface area contributed by atoms with Gasteiger partial charge in [0.25, 0.3) is 0 Å². The molecule has 0 aliphatic rings. The van der Waals surface area contributed by atoms with Gasteiger partial charge in [0.1, 0.15) is 6.04 Å². The van der Waals surface area contributed by atoms with Crippen molar-refractivity contribution in [3.8, 4) is 0 Å². The van der Waals surface area contributed by atoms with Gasteiger partial charge in [0.05, 0.1) is 11.0 Å². The summed E-state index contributed by atoms with van der Waals surface area (Å²) in [5.41, 5.74) is 0. The van der Waals surface area contributed by atoms with Gasteiger partial charge < -0.3 is 15.6 Å². The van der Waals surface area contributed by atoms with Crippen molar-refractivity contribution < 1.29 is 18.0 Å². The molecule has 8 heteroatoms. The summed E-state index contributed by atoms with van der Waals surface area (Å²) in [5, 5.41) is 8.90. The normalized spacial score (nSPS) is 12.3. The number of sulfone groups is 1. The van der Waals surface area contributed by atoms with Crippen LogP contribution in [0.3, 0.4) is 0 Å². The van der Waals surface area contributed by atoms with E-state index in [1.807, 2.05) is 27.7 Å². The third-order valence-electron chi connectivity index (χ3n) is 3.74. The Balaban J connectivity index is 0. The Kier molecular flexibility index (Phi) is 15.7. The van der Waals surface area contributed by atoms with Crippen LogP contribution in [0, 0.1) is 5.41 Å². The smallest absolute Gasteiger partial charge is 0.245 e. The predicted molar refractivity (Wildman–Crippen MR) is 112 cm³/mol. The lowest BCUT2D eigenvalue weighted by Gasteiger charge is -2.24. The van der Waals surface area contributed by atoms with Crippen molar-refractivity contribution >= 4 is 27.9 Å². The molecule has 0 unspecified atom stereocenters. The van der Waals surface area contributed by atoms with Gasteiger partial charge in [-0.1, -0.05) is 46.6 Å². The monoisotopic (exact) mass is 403 g/mol. The molecule has 0 saturated carbocycles. The van der Waals surface area contributed by atoms with Crippen LogP contribution in [0.4, 0.5) is 0 Å². The first-order valence-electron chi connectivity index (χ1n) is 9.57. The number of amides is 2. The zero-order chi connectivity index (χ0) is 21.5. The van der Waals surface area contributed by atoms with Gasteiger partial charge in [-0.05, 0) is 18.9 Å². The minimum absolute atomic E-state index is 0.0139. The Labute approximate surface area is 165 Å². The van der Waals surface area contributed by atoms with Crippen LogP contribution in [0.2, 0.25) is 0 Å². The third kappa shape index (κ3) is 11.6. The Morgan fingerprint density at radius 2 is 1.63 bits per heavy atom. The highest BCUT2D eigenvalue weighted by Gasteiger charge is 2.32. The Bertz CT molecular complexity index is 566. The summed E-state index contributed by atoms with van der Waals surface area (Å²) >= 11 is 0. The molecule has 0 heterocycles. The molecule has 2 N–H and O–H groups in total. The summed E-state index contributed by atoms with van der Waals surface area (Å²) in [4.78, 5) is 25.6. The summed E-state index contributed by atoms with van der Waals surface area (Å²) in [6.07, 6.45) is 6.50. The van der Waals surface area contributed by atoms with E-state index in [1.54, 1.807) is 0 Å². The van der Waals surface area contributed by atoms with Gasteiger partial charge in [-0.25, -0.2) is 8.42 Å². The SMILES string of the molecule is CC.CCCC(CCC)S(=O)(=O)C[C@@H](NC(=O)C/C=C\C=N)C(=O)N(C)C. The van der Waals surface area contributed by atoms with E-state index < -0.39 is 38.7 Å². The fourth-order valence-corrected chi connectivity index (χ4v) is 4.65. The topological polar surface area (TPSA) is 107 Å². The van der Waals surface area contributed by atoms with Gasteiger partial charge >= 0.3 is 0 Å². The van der Waals surface area contributed by atoms with Gasteiger partial charge in [0.2, 0.25) is 11.8 Å². The number of rotatable bonds is 12. The maximum absolute atomic E-state index is 12.7. The Hall–Kier alpha value is -1.70. The minimum atomic E-state index is -3.51. The van der Waals surface area contributed by atoms with Crippen LogP contribution in [0.5, 0.6) is 0 Å². The second-order valence-electron chi connectivity index (χ2n) is 6.18. The highest BCUT2D eigenvalue weighted by molar-refractivity contribution is 7.92. The third-order valence-corrected chi connectivity index (χ3v) is 6.02. The van der Waals surface area contributed by atoms with Gasteiger partial charge in [0.15, 0.2) is 9.84 Å². The molecule has 0 aromatic rings. The molecule has 0 fully saturated rings. The van der Waals surface area contributed by atoms with E-state index in [0.717, 1.165) is 19.1 Å². The molecule has 0 spiro atoms. The van der Waals surface area contributed by atoms with E-state index in [4.69, 9.17) is 5.41 Å². The average molecular weight is 404 g/mol. The lowest BCUT2D eigenvalue weighted by atomic mass is 10.2. The highest BCUT2D eigenvalue weighted by Crippen LogP contribution is 2.17. The number of carbonyl (C=O) groups is 2. The Morgan fingerprint density at radius 3 is 2.04 bits per heavy atom. The van der Waals surface area contributed by atoms with Gasteiger partial charge in [-0.3, -0.25) is 9.59 Å². The van der Waals surface area contributed by atoms with E-state index in [0.29, 0.717) is 12.8 Å². The molecule has 0 aromatic heterocycles. The lowest BCUT2D eigenvalue weighted by Crippen LogP contribution is -2.51. The van der Waals surface area contributed by atoms with Crippen LogP contribution in [0.15, 0.2) is 12.2 Å². The number of hydrogen-bond acceptors (Lipinski definition) is 5. The maximum Gasteiger partial charge on any atom is 0.245 e. The van der Waals surface area contributed by atoms with Crippen molar-refractivity contribution in [2.24, 2.45) is 0 Å². The molecule has 0 radical (unpaired) electrons. The van der Waals surface area contributed by atoms with Crippen LogP contribution >= 0.6 is 0 Å². The number of likely N-dealkylation sites (N-methyl/N-ethyl adjacent to an activating group) is 1. The summed E-state index contributed by atoms with van der Waals surface area (Å²) in [7, 11) is -0.459. The predicted octanol–water partition coefficient (Wildman–Crippen LogP) is 2.57. The molecule has 27 heavy (non-hydrogen) atoms. The first kappa shape index (κ1) is 27.5. The molecule has 158 valence electrons. The van der Waals surface area contributed by atoms with Crippen molar-refractivity contribution in [1.82, 2.24) is 10.2 Å². The van der Waals surface area contributed by atoms with Gasteiger partial charge in [-0.15, -0.1) is 0 Å². The first-order valence-corrected chi connectivity index (χ1v) is 11.3. The molecule has 0 saturated heterocycles. The molecule has 2 amide bonds. The van der Waals surface area contributed by atoms with Crippen molar-refractivity contribution in [3.05, 3.63) is 12.2 Å². The van der Waals surface area contributed by atoms with Crippen LogP contribution in [-0.4, -0.2) is 62.5 Å². The number of nitrogens with zero attached hydrogens (tertiary/aromatic N) is 1. The van der Waals surface area contributed by atoms with E-state index in [2.05, 4.69) is 5.32 Å². The number of allylic oxidation sites excluding steroid dienone is 1. The summed E-state index contributed by atoms with van der Waals surface area (Å²) in [6.45, 7) is 7.86. The summed E-state index contributed by atoms with van der Waals surface area (Å²) < 4.78 is 25.4. The fourth-order valence-electron chi connectivity index (χ4n) is 2.50. The standard InChI is InChI=1S/C17H31N3O4S.C2H6/c1-5-9-14(10-6-2)25(23,24)13-15(17(22)20(3)4)19-16(21)11-7-8-12-18;1-2/h7-8,12,14-15,18H,5-6,9-11,13H2,1-4H3,(H,19,21);1-2H3/b8-7-,18-12?;/t15-;/m1./s1. The quantitative estimate of drug-likeness (QED) is 0.488. The average Bonchev–Trinajstić information content (AvgIpc) is 2.62. The van der Waals surface area contributed by atoms with E-state index in [9.17, 15) is 18.0 Å². The number of nitrogens with one attached hydrogen (secondary N) is 2. The number of carbonyl (C=O) groups excluding carboxylic acids is 2. The van der Waals surface area contributed by atoms with Crippen LogP contribution in [0.25, 0.3) is 0 Å². The first-order chi connectivity index (χ1) is 12.7. The van der Waals surface area contributed by atoms with Crippen molar-refractivity contribution in [3.63, 3.8) is 0 Å². The second-order valence-corrected chi connectivity index (χ2v) is 8.51. The fraction of sp³-hybridized carbons (Fsp3) is 0.737. The van der Waals surface area contributed by atoms with Crippen molar-refractivity contribution in [1.29, 1.82) is 5.41 Å². The lowest BCUT2D eigenvalue weighted by molar-refractivity contribution is -0.133. The molecule has 0 aromatic carbocycles. The van der Waals surface area contributed by atoms with Crippen molar-refractivity contribution in [2.45, 2.75) is 71.1 Å². The Morgan fingerprint density at radius 1 is 1.11 bits per heavy atom. The molecule has 0 aliphatic heterocycles. The molecule has 0 aliphatic carbocycles. The summed E-state index contributed by atoms with van der Waals surface area (Å²) in [6, 6.07) is -1.10. The maximum atomic E-state index is 12.7. The summed E-state index contributed by atoms with van der Waals surface area (Å²) in [5.74, 6) is -1.29. The van der Waals surface area contributed by atoms with Crippen LogP contribution in [-0.2, 0) is 19.4 Å². The van der Waals surface area contributed by atoms with Gasteiger partial charge in [-0.2, -0.15) is 0 Å². The highest BCUT2D eigenvalue weighted by atomic mass is 32.2. The zero-order valence-corrected chi connectivity index (χ0v) is 18.4. The van der Waals surface area contributed by atoms with E-state index >= 15 is 0 Å². The van der Waals surface area contributed by atoms with Crippen LogP contribution in [0.1, 0.15) is 59.8 Å². The van der Waals surface area contributed by atoms with Gasteiger partial charge in [0, 0.05) is 26.7 Å². The molecule has 1 atom stereocenters. The van der Waals surface area contributed by atoms with E-state index in [-0.39, 0.29) is 6.42 Å². The molecule has 0 bridgehead atoms. The molecular formula is C19H37N3O4S. The molecule has 7 nitrogen and oxygen atoms in total. The van der Waals surface area contributed by atoms with Crippen LogP contribution < -0.4 is 5.32 Å². The molecular weight excluding hydrogens is 366 g/mol. The largest absolute Gasteiger partial charge is 0.347 e. The number of hydrogen-bond donors (Lipinski definition) is 2. The van der Waals surface area contributed by atoms with Crippen molar-refractivity contribution in [2.75, 3.05) is 19.8 Å². The van der Waals surface area contributed by atoms with E-state index in [1.165, 1.54) is 31.1 Å². The zero-order valence-electron chi connectivity index (χ0n) is 17.6. The second kappa shape index (κ2) is 15.4. The molecule has 0 rings (SSSR count). The minimum Gasteiger partial charge on any atom is -0.347 e.